The number of amides is 1. The molecule has 1 unspecified atom stereocenters. The van der Waals surface area contributed by atoms with Crippen LogP contribution < -0.4 is 4.90 Å². The van der Waals surface area contributed by atoms with E-state index in [1.165, 1.54) is 5.56 Å². The van der Waals surface area contributed by atoms with Crippen molar-refractivity contribution in [1.29, 1.82) is 0 Å². The molecule has 98 valence electrons. The third kappa shape index (κ3) is 2.82. The van der Waals surface area contributed by atoms with Crippen LogP contribution in [-0.2, 0) is 11.2 Å². The molecule has 2 rings (SSSR count). The summed E-state index contributed by atoms with van der Waals surface area (Å²) in [6, 6.07) is 7.94. The molecular weight excluding hydrogens is 230 g/mol. The van der Waals surface area contributed by atoms with E-state index < -0.39 is 0 Å². The normalized spacial score (nSPS) is 19.8. The Labute approximate surface area is 107 Å². The summed E-state index contributed by atoms with van der Waals surface area (Å²) >= 11 is 0. The number of aryl methyl sites for hydroxylation is 1. The molecule has 0 aliphatic carbocycles. The molecule has 1 aromatic rings. The maximum atomic E-state index is 11.7. The minimum absolute atomic E-state index is 0.130. The molecule has 1 amide bonds. The van der Waals surface area contributed by atoms with E-state index in [-0.39, 0.29) is 18.6 Å². The summed E-state index contributed by atoms with van der Waals surface area (Å²) in [5, 5.41) is 8.95. The summed E-state index contributed by atoms with van der Waals surface area (Å²) in [5.41, 5.74) is 2.11. The number of nitrogens with zero attached hydrogens (tertiary/aromatic N) is 1. The summed E-state index contributed by atoms with van der Waals surface area (Å²) in [4.78, 5) is 13.4. The number of aliphatic hydroxyl groups is 1. The lowest BCUT2D eigenvalue weighted by molar-refractivity contribution is 0.104. The van der Waals surface area contributed by atoms with Gasteiger partial charge >= 0.3 is 6.09 Å². The van der Waals surface area contributed by atoms with E-state index >= 15 is 0 Å². The summed E-state index contributed by atoms with van der Waals surface area (Å²) in [5.74, 6) is 0.207. The minimum Gasteiger partial charge on any atom is -0.449 e. The van der Waals surface area contributed by atoms with Gasteiger partial charge in [-0.15, -0.1) is 0 Å². The molecule has 1 aromatic carbocycles. The van der Waals surface area contributed by atoms with Crippen LogP contribution in [0.2, 0.25) is 0 Å². The first-order valence-electron chi connectivity index (χ1n) is 6.38. The minimum atomic E-state index is -0.298. The SMILES string of the molecule is CCc1ccc(N2CC(CCO)COC2=O)cc1. The van der Waals surface area contributed by atoms with Gasteiger partial charge in [0.2, 0.25) is 0 Å². The second kappa shape index (κ2) is 5.87. The van der Waals surface area contributed by atoms with Crippen LogP contribution >= 0.6 is 0 Å². The fourth-order valence-electron chi connectivity index (χ4n) is 2.13. The summed E-state index contributed by atoms with van der Waals surface area (Å²) in [6.07, 6.45) is 1.35. The number of aliphatic hydroxyl groups excluding tert-OH is 1. The van der Waals surface area contributed by atoms with Crippen LogP contribution in [0.25, 0.3) is 0 Å². The molecule has 0 saturated carbocycles. The van der Waals surface area contributed by atoms with Crippen molar-refractivity contribution in [3.8, 4) is 0 Å². The van der Waals surface area contributed by atoms with Gasteiger partial charge in [0.05, 0.1) is 6.61 Å². The number of carbonyl (C=O) groups excluding carboxylic acids is 1. The Hall–Kier alpha value is -1.55. The van der Waals surface area contributed by atoms with Gasteiger partial charge in [-0.05, 0) is 30.5 Å². The van der Waals surface area contributed by atoms with Gasteiger partial charge in [-0.2, -0.15) is 0 Å². The van der Waals surface area contributed by atoms with E-state index in [0.29, 0.717) is 19.6 Å². The highest BCUT2D eigenvalue weighted by atomic mass is 16.6. The Morgan fingerprint density at radius 3 is 2.72 bits per heavy atom. The molecule has 0 spiro atoms. The van der Waals surface area contributed by atoms with Crippen LogP contribution in [0, 0.1) is 5.92 Å². The molecule has 1 aliphatic heterocycles. The number of cyclic esters (lactones) is 1. The number of ether oxygens (including phenoxy) is 1. The number of hydrogen-bond donors (Lipinski definition) is 1. The first kappa shape index (κ1) is 12.9. The van der Waals surface area contributed by atoms with Crippen molar-refractivity contribution in [3.63, 3.8) is 0 Å². The topological polar surface area (TPSA) is 49.8 Å². The number of carbonyl (C=O) groups is 1. The first-order chi connectivity index (χ1) is 8.74. The standard InChI is InChI=1S/C14H19NO3/c1-2-11-3-5-13(6-4-11)15-9-12(7-8-16)10-18-14(15)17/h3-6,12,16H,2,7-10H2,1H3. The molecule has 1 fully saturated rings. The van der Waals surface area contributed by atoms with Crippen LogP contribution in [0.3, 0.4) is 0 Å². The molecule has 1 saturated heterocycles. The number of benzene rings is 1. The average Bonchev–Trinajstić information content (AvgIpc) is 2.41. The monoisotopic (exact) mass is 249 g/mol. The maximum Gasteiger partial charge on any atom is 0.414 e. The molecule has 4 heteroatoms. The number of anilines is 1. The zero-order valence-electron chi connectivity index (χ0n) is 10.6. The Bertz CT molecular complexity index is 402. The fraction of sp³-hybridized carbons (Fsp3) is 0.500. The number of rotatable bonds is 4. The highest BCUT2D eigenvalue weighted by Crippen LogP contribution is 2.22. The number of hydrogen-bond acceptors (Lipinski definition) is 3. The van der Waals surface area contributed by atoms with Crippen molar-refractivity contribution in [1.82, 2.24) is 0 Å². The van der Waals surface area contributed by atoms with E-state index in [1.807, 2.05) is 24.3 Å². The zero-order chi connectivity index (χ0) is 13.0. The molecule has 1 atom stereocenters. The van der Waals surface area contributed by atoms with Gasteiger partial charge in [0, 0.05) is 24.8 Å². The Balaban J connectivity index is 2.11. The average molecular weight is 249 g/mol. The highest BCUT2D eigenvalue weighted by Gasteiger charge is 2.27. The Morgan fingerprint density at radius 1 is 1.39 bits per heavy atom. The lowest BCUT2D eigenvalue weighted by atomic mass is 10.0. The van der Waals surface area contributed by atoms with Gasteiger partial charge in [0.1, 0.15) is 0 Å². The second-order valence-corrected chi connectivity index (χ2v) is 4.59. The molecular formula is C14H19NO3. The van der Waals surface area contributed by atoms with Crippen LogP contribution in [0.5, 0.6) is 0 Å². The summed E-state index contributed by atoms with van der Waals surface area (Å²) in [6.45, 7) is 3.25. The molecule has 18 heavy (non-hydrogen) atoms. The summed E-state index contributed by atoms with van der Waals surface area (Å²) < 4.78 is 5.14. The third-order valence-electron chi connectivity index (χ3n) is 3.30. The zero-order valence-corrected chi connectivity index (χ0v) is 10.6. The van der Waals surface area contributed by atoms with Crippen LogP contribution in [0.1, 0.15) is 18.9 Å². The van der Waals surface area contributed by atoms with Gasteiger partial charge < -0.3 is 9.84 Å². The smallest absolute Gasteiger partial charge is 0.414 e. The van der Waals surface area contributed by atoms with E-state index in [1.54, 1.807) is 4.90 Å². The Kier molecular flexibility index (Phi) is 4.20. The predicted molar refractivity (Wildman–Crippen MR) is 69.7 cm³/mol. The lowest BCUT2D eigenvalue weighted by Crippen LogP contribution is -2.43. The van der Waals surface area contributed by atoms with Gasteiger partial charge in [-0.25, -0.2) is 4.79 Å². The van der Waals surface area contributed by atoms with E-state index in [9.17, 15) is 4.79 Å². The molecule has 4 nitrogen and oxygen atoms in total. The third-order valence-corrected chi connectivity index (χ3v) is 3.30. The van der Waals surface area contributed by atoms with Gasteiger partial charge in [-0.1, -0.05) is 19.1 Å². The molecule has 0 bridgehead atoms. The maximum absolute atomic E-state index is 11.7. The van der Waals surface area contributed by atoms with Crippen molar-refractivity contribution in [3.05, 3.63) is 29.8 Å². The van der Waals surface area contributed by atoms with E-state index in [2.05, 4.69) is 6.92 Å². The van der Waals surface area contributed by atoms with Crippen LogP contribution in [0.4, 0.5) is 10.5 Å². The lowest BCUT2D eigenvalue weighted by Gasteiger charge is -2.32. The van der Waals surface area contributed by atoms with E-state index in [4.69, 9.17) is 9.84 Å². The van der Waals surface area contributed by atoms with E-state index in [0.717, 1.165) is 12.1 Å². The molecule has 1 heterocycles. The van der Waals surface area contributed by atoms with Crippen molar-refractivity contribution >= 4 is 11.8 Å². The molecule has 0 aromatic heterocycles. The molecule has 1 aliphatic rings. The van der Waals surface area contributed by atoms with Gasteiger partial charge in [-0.3, -0.25) is 4.90 Å². The van der Waals surface area contributed by atoms with Gasteiger partial charge in [0.15, 0.2) is 0 Å². The highest BCUT2D eigenvalue weighted by molar-refractivity contribution is 5.88. The second-order valence-electron chi connectivity index (χ2n) is 4.59. The van der Waals surface area contributed by atoms with Crippen molar-refractivity contribution < 1.29 is 14.6 Å². The fourth-order valence-corrected chi connectivity index (χ4v) is 2.13. The molecule has 0 radical (unpaired) electrons. The van der Waals surface area contributed by atoms with Crippen molar-refractivity contribution in [2.45, 2.75) is 19.8 Å². The largest absolute Gasteiger partial charge is 0.449 e. The summed E-state index contributed by atoms with van der Waals surface area (Å²) in [7, 11) is 0. The predicted octanol–water partition coefficient (Wildman–Crippen LogP) is 2.20. The van der Waals surface area contributed by atoms with Crippen LogP contribution in [0.15, 0.2) is 24.3 Å². The van der Waals surface area contributed by atoms with Crippen molar-refractivity contribution in [2.24, 2.45) is 5.92 Å². The molecule has 1 N–H and O–H groups in total. The van der Waals surface area contributed by atoms with Crippen LogP contribution in [-0.4, -0.2) is 31.0 Å². The Morgan fingerprint density at radius 2 is 2.11 bits per heavy atom. The quantitative estimate of drug-likeness (QED) is 0.890. The van der Waals surface area contributed by atoms with Gasteiger partial charge in [0.25, 0.3) is 0 Å². The van der Waals surface area contributed by atoms with Crippen molar-refractivity contribution in [2.75, 3.05) is 24.7 Å². The first-order valence-corrected chi connectivity index (χ1v) is 6.38.